The second-order valence-electron chi connectivity index (χ2n) is 12.8. The van der Waals surface area contributed by atoms with Gasteiger partial charge in [-0.25, -0.2) is 8.42 Å². The molecule has 2 aromatic rings. The average Bonchev–Trinajstić information content (AvgIpc) is 3.26. The van der Waals surface area contributed by atoms with Crippen molar-refractivity contribution < 1.29 is 18.0 Å². The summed E-state index contributed by atoms with van der Waals surface area (Å²) in [6.45, 7) is 13.2. The summed E-state index contributed by atoms with van der Waals surface area (Å²) in [6, 6.07) is 6.14. The Bertz CT molecular complexity index is 1380. The highest BCUT2D eigenvalue weighted by molar-refractivity contribution is 7.89. The summed E-state index contributed by atoms with van der Waals surface area (Å²) in [5.41, 5.74) is 1.41. The molecule has 2 fully saturated rings. The van der Waals surface area contributed by atoms with E-state index in [-0.39, 0.29) is 27.8 Å². The van der Waals surface area contributed by atoms with E-state index >= 15 is 0 Å². The minimum absolute atomic E-state index is 0.0155. The predicted octanol–water partition coefficient (Wildman–Crippen LogP) is 5.21. The number of hydrogen-bond donors (Lipinski definition) is 2. The zero-order chi connectivity index (χ0) is 28.9. The summed E-state index contributed by atoms with van der Waals surface area (Å²) in [7, 11) is -3.60. The lowest BCUT2D eigenvalue weighted by Gasteiger charge is -2.42. The maximum atomic E-state index is 13.9. The highest BCUT2D eigenvalue weighted by Crippen LogP contribution is 2.45. The van der Waals surface area contributed by atoms with Crippen LogP contribution in [0, 0.1) is 5.92 Å². The Morgan fingerprint density at radius 2 is 1.60 bits per heavy atom. The van der Waals surface area contributed by atoms with Crippen LogP contribution in [0.4, 0.5) is 5.00 Å². The van der Waals surface area contributed by atoms with Crippen molar-refractivity contribution in [2.24, 2.45) is 5.92 Å². The van der Waals surface area contributed by atoms with E-state index in [4.69, 9.17) is 0 Å². The van der Waals surface area contributed by atoms with Crippen molar-refractivity contribution in [3.05, 3.63) is 45.8 Å². The molecule has 0 bridgehead atoms. The second-order valence-corrected chi connectivity index (χ2v) is 15.8. The molecule has 0 unspecified atom stereocenters. The van der Waals surface area contributed by atoms with Crippen molar-refractivity contribution in [3.8, 4) is 0 Å². The molecule has 3 aliphatic heterocycles. The molecular weight excluding hydrogens is 544 g/mol. The smallest absolute Gasteiger partial charge is 0.257 e. The number of likely N-dealkylation sites (tertiary alicyclic amines) is 1. The minimum Gasteiger partial charge on any atom is -0.339 e. The molecule has 10 heteroatoms. The largest absolute Gasteiger partial charge is 0.339 e. The van der Waals surface area contributed by atoms with Crippen molar-refractivity contribution in [3.63, 3.8) is 0 Å². The van der Waals surface area contributed by atoms with Crippen molar-refractivity contribution in [2.75, 3.05) is 31.5 Å². The fourth-order valence-corrected chi connectivity index (χ4v) is 9.16. The van der Waals surface area contributed by atoms with Crippen LogP contribution in [0.3, 0.4) is 0 Å². The van der Waals surface area contributed by atoms with Gasteiger partial charge in [0.15, 0.2) is 0 Å². The zero-order valence-corrected chi connectivity index (χ0v) is 25.9. The van der Waals surface area contributed by atoms with E-state index in [9.17, 15) is 18.0 Å². The van der Waals surface area contributed by atoms with Gasteiger partial charge in [0, 0.05) is 47.7 Å². The number of sulfonamides is 1. The van der Waals surface area contributed by atoms with Gasteiger partial charge in [0.2, 0.25) is 10.0 Å². The topological polar surface area (TPSA) is 98.8 Å². The van der Waals surface area contributed by atoms with Crippen LogP contribution in [0.5, 0.6) is 0 Å². The number of fused-ring (bicyclic) bond motifs is 1. The van der Waals surface area contributed by atoms with E-state index in [0.29, 0.717) is 41.6 Å². The number of nitrogens with zero attached hydrogens (tertiary/aromatic N) is 2. The molecule has 3 aliphatic rings. The third-order valence-electron chi connectivity index (χ3n) is 8.43. The van der Waals surface area contributed by atoms with E-state index in [1.54, 1.807) is 12.1 Å². The Labute approximate surface area is 242 Å². The van der Waals surface area contributed by atoms with Gasteiger partial charge < -0.3 is 15.5 Å². The van der Waals surface area contributed by atoms with Gasteiger partial charge in [0.25, 0.3) is 11.8 Å². The Kier molecular flexibility index (Phi) is 7.93. The van der Waals surface area contributed by atoms with E-state index in [1.165, 1.54) is 27.8 Å². The highest BCUT2D eigenvalue weighted by atomic mass is 32.2. The van der Waals surface area contributed by atoms with Crippen molar-refractivity contribution >= 4 is 38.2 Å². The number of hydrogen-bond acceptors (Lipinski definition) is 6. The normalized spacial score (nSPS) is 21.6. The van der Waals surface area contributed by atoms with Gasteiger partial charge in [0.05, 0.1) is 10.5 Å². The maximum Gasteiger partial charge on any atom is 0.257 e. The molecule has 2 amide bonds. The molecule has 4 heterocycles. The minimum atomic E-state index is -3.60. The molecular formula is C30H42N4O4S2. The first-order chi connectivity index (χ1) is 18.8. The quantitative estimate of drug-likeness (QED) is 0.502. The maximum absolute atomic E-state index is 13.9. The lowest BCUT2D eigenvalue weighted by molar-refractivity contribution is 0.0723. The Hall–Kier alpha value is -2.27. The van der Waals surface area contributed by atoms with Gasteiger partial charge in [0.1, 0.15) is 5.00 Å². The second kappa shape index (κ2) is 10.9. The third-order valence-corrected chi connectivity index (χ3v) is 11.8. The molecule has 1 aromatic carbocycles. The third kappa shape index (κ3) is 5.73. The van der Waals surface area contributed by atoms with Crippen LogP contribution in [0.2, 0.25) is 0 Å². The average molecular weight is 587 g/mol. The number of carbonyl (C=O) groups excluding carboxylic acids is 2. The monoisotopic (exact) mass is 586 g/mol. The van der Waals surface area contributed by atoms with E-state index in [2.05, 4.69) is 45.3 Å². The SMILES string of the molecule is CC1CCN(S(=O)(=O)c2ccc(C(=O)Nc3sc4c(c3C(=O)N3CCCCC3)CC(C)(C)NC4(C)C)cc2)CC1. The standard InChI is InChI=1S/C30H42N4O4S2/c1-20-13-17-34(18-14-20)40(37,38)22-11-9-21(10-12-22)26(35)31-27-24(28(36)33-15-7-6-8-16-33)23-19-29(2,3)32-30(4,5)25(23)39-27/h9-12,20,32H,6-8,13-19H2,1-5H3,(H,31,35). The number of amides is 2. The number of anilines is 1. The van der Waals surface area contributed by atoms with Crippen LogP contribution in [0.15, 0.2) is 29.2 Å². The number of nitrogens with one attached hydrogen (secondary N) is 2. The van der Waals surface area contributed by atoms with E-state index in [1.807, 2.05) is 4.90 Å². The van der Waals surface area contributed by atoms with Gasteiger partial charge in [-0.1, -0.05) is 6.92 Å². The summed E-state index contributed by atoms with van der Waals surface area (Å²) < 4.78 is 27.8. The van der Waals surface area contributed by atoms with Crippen LogP contribution < -0.4 is 10.6 Å². The first-order valence-electron chi connectivity index (χ1n) is 14.4. The summed E-state index contributed by atoms with van der Waals surface area (Å²) in [5, 5.41) is 7.30. The Morgan fingerprint density at radius 3 is 2.23 bits per heavy atom. The first kappa shape index (κ1) is 29.2. The Balaban J connectivity index is 1.43. The summed E-state index contributed by atoms with van der Waals surface area (Å²) in [5.74, 6) is 0.157. The van der Waals surface area contributed by atoms with Crippen LogP contribution in [0.1, 0.15) is 97.9 Å². The Morgan fingerprint density at radius 1 is 0.975 bits per heavy atom. The molecule has 1 aromatic heterocycles. The van der Waals surface area contributed by atoms with Crippen LogP contribution in [0.25, 0.3) is 0 Å². The first-order valence-corrected chi connectivity index (χ1v) is 16.7. The van der Waals surface area contributed by atoms with Gasteiger partial charge in [-0.15, -0.1) is 11.3 Å². The molecule has 2 N–H and O–H groups in total. The lowest BCUT2D eigenvalue weighted by atomic mass is 9.81. The molecule has 0 radical (unpaired) electrons. The molecule has 0 spiro atoms. The summed E-state index contributed by atoms with van der Waals surface area (Å²) >= 11 is 1.47. The summed E-state index contributed by atoms with van der Waals surface area (Å²) in [4.78, 5) is 30.6. The number of thiophene rings is 1. The molecule has 218 valence electrons. The van der Waals surface area contributed by atoms with Crippen molar-refractivity contribution in [1.29, 1.82) is 0 Å². The van der Waals surface area contributed by atoms with E-state index < -0.39 is 10.0 Å². The van der Waals surface area contributed by atoms with Gasteiger partial charge in [-0.05, 0) is 102 Å². The van der Waals surface area contributed by atoms with Gasteiger partial charge >= 0.3 is 0 Å². The van der Waals surface area contributed by atoms with Gasteiger partial charge in [-0.2, -0.15) is 4.31 Å². The molecule has 0 atom stereocenters. The fourth-order valence-electron chi connectivity index (χ4n) is 6.42. The van der Waals surface area contributed by atoms with Crippen LogP contribution >= 0.6 is 11.3 Å². The fraction of sp³-hybridized carbons (Fsp3) is 0.600. The molecule has 5 rings (SSSR count). The molecule has 0 aliphatic carbocycles. The number of benzene rings is 1. The molecule has 40 heavy (non-hydrogen) atoms. The molecule has 8 nitrogen and oxygen atoms in total. The van der Waals surface area contributed by atoms with Crippen LogP contribution in [-0.4, -0.2) is 61.2 Å². The zero-order valence-electron chi connectivity index (χ0n) is 24.3. The lowest BCUT2D eigenvalue weighted by Crippen LogP contribution is -2.55. The highest BCUT2D eigenvalue weighted by Gasteiger charge is 2.42. The van der Waals surface area contributed by atoms with Crippen molar-refractivity contribution in [2.45, 2.75) is 89.1 Å². The van der Waals surface area contributed by atoms with Gasteiger partial charge in [-0.3, -0.25) is 9.59 Å². The predicted molar refractivity (Wildman–Crippen MR) is 160 cm³/mol. The number of carbonyl (C=O) groups is 2. The molecule has 2 saturated heterocycles. The molecule has 0 saturated carbocycles. The van der Waals surface area contributed by atoms with Crippen molar-refractivity contribution in [1.82, 2.24) is 14.5 Å². The number of rotatable bonds is 5. The number of piperidine rings is 2. The van der Waals surface area contributed by atoms with Crippen LogP contribution in [-0.2, 0) is 22.0 Å². The summed E-state index contributed by atoms with van der Waals surface area (Å²) in [6.07, 6.45) is 5.50. The van der Waals surface area contributed by atoms with E-state index in [0.717, 1.165) is 55.6 Å².